The molecule has 0 aliphatic rings. The van der Waals surface area contributed by atoms with Crippen molar-refractivity contribution in [3.8, 4) is 23.1 Å². The minimum absolute atomic E-state index is 0.0380. The number of pyridine rings is 1. The van der Waals surface area contributed by atoms with E-state index in [4.69, 9.17) is 4.74 Å². The Labute approximate surface area is 266 Å². The van der Waals surface area contributed by atoms with Crippen LogP contribution in [0.3, 0.4) is 0 Å². The first kappa shape index (κ1) is 31.8. The fourth-order valence-electron chi connectivity index (χ4n) is 4.52. The number of aromatic amines is 1. The molecule has 0 atom stereocenters. The number of nitriles is 1. The highest BCUT2D eigenvalue weighted by Gasteiger charge is 2.24. The molecule has 0 bridgehead atoms. The second-order valence-electron chi connectivity index (χ2n) is 11.4. The molecule has 0 unspecified atom stereocenters. The lowest BCUT2D eigenvalue weighted by Crippen LogP contribution is -2.14. The molecule has 0 amide bonds. The summed E-state index contributed by atoms with van der Waals surface area (Å²) >= 11 is 1.44. The molecule has 5 aromatic rings. The summed E-state index contributed by atoms with van der Waals surface area (Å²) in [5.41, 5.74) is 4.18. The lowest BCUT2D eigenvalue weighted by molar-refractivity contribution is 0.321. The van der Waals surface area contributed by atoms with Crippen molar-refractivity contribution in [2.45, 2.75) is 48.3 Å². The van der Waals surface area contributed by atoms with E-state index in [2.05, 4.69) is 40.7 Å². The topological polar surface area (TPSA) is 121 Å². The van der Waals surface area contributed by atoms with Gasteiger partial charge in [-0.2, -0.15) is 10.4 Å². The van der Waals surface area contributed by atoms with Crippen LogP contribution >= 0.6 is 11.8 Å². The number of sulfonamides is 1. The molecule has 0 aliphatic carbocycles. The summed E-state index contributed by atoms with van der Waals surface area (Å²) in [6.07, 6.45) is 2.36. The minimum Gasteiger partial charge on any atom is -0.493 e. The Morgan fingerprint density at radius 2 is 1.78 bits per heavy atom. The first-order valence-electron chi connectivity index (χ1n) is 14.2. The molecule has 2 heterocycles. The van der Waals surface area contributed by atoms with Gasteiger partial charge in [0.15, 0.2) is 0 Å². The van der Waals surface area contributed by atoms with Gasteiger partial charge in [-0.15, -0.1) is 0 Å². The lowest BCUT2D eigenvalue weighted by atomic mass is 9.87. The molecule has 8 nitrogen and oxygen atoms in total. The Morgan fingerprint density at radius 1 is 1.00 bits per heavy atom. The molecule has 2 N–H and O–H groups in total. The Kier molecular flexibility index (Phi) is 9.56. The van der Waals surface area contributed by atoms with Gasteiger partial charge in [-0.3, -0.25) is 14.8 Å². The van der Waals surface area contributed by atoms with Crippen molar-refractivity contribution in [2.75, 3.05) is 11.3 Å². The van der Waals surface area contributed by atoms with Gasteiger partial charge in [-0.25, -0.2) is 12.8 Å². The van der Waals surface area contributed by atoms with Gasteiger partial charge in [-0.05, 0) is 76.7 Å². The second kappa shape index (κ2) is 13.5. The molecule has 45 heavy (non-hydrogen) atoms. The first-order chi connectivity index (χ1) is 21.5. The highest BCUT2D eigenvalue weighted by molar-refractivity contribution is 7.98. The summed E-state index contributed by atoms with van der Waals surface area (Å²) in [4.78, 5) is 4.55. The third-order valence-corrected chi connectivity index (χ3v) is 9.37. The third kappa shape index (κ3) is 8.09. The van der Waals surface area contributed by atoms with Crippen molar-refractivity contribution < 1.29 is 17.5 Å². The van der Waals surface area contributed by atoms with Crippen molar-refractivity contribution in [1.82, 2.24) is 15.2 Å². The van der Waals surface area contributed by atoms with Crippen molar-refractivity contribution in [3.63, 3.8) is 0 Å². The van der Waals surface area contributed by atoms with Gasteiger partial charge in [0.25, 0.3) is 10.0 Å². The predicted molar refractivity (Wildman–Crippen MR) is 174 cm³/mol. The van der Waals surface area contributed by atoms with Gasteiger partial charge in [0.1, 0.15) is 22.4 Å². The largest absolute Gasteiger partial charge is 0.493 e. The van der Waals surface area contributed by atoms with E-state index in [0.717, 1.165) is 16.7 Å². The van der Waals surface area contributed by atoms with Gasteiger partial charge in [0.05, 0.1) is 34.4 Å². The fraction of sp³-hybridized carbons (Fsp3) is 0.206. The van der Waals surface area contributed by atoms with Crippen LogP contribution in [0.4, 0.5) is 10.2 Å². The Bertz CT molecular complexity index is 1950. The number of halogens is 1. The molecular formula is C34H32FN5O3S2. The van der Waals surface area contributed by atoms with E-state index < -0.39 is 10.0 Å². The van der Waals surface area contributed by atoms with Crippen LogP contribution in [0.2, 0.25) is 0 Å². The number of nitrogens with zero attached hydrogens (tertiary/aromatic N) is 3. The number of thioether (sulfide) groups is 1. The molecule has 0 fully saturated rings. The normalized spacial score (nSPS) is 11.6. The Hall–Kier alpha value is -4.66. The quantitative estimate of drug-likeness (QED) is 0.143. The monoisotopic (exact) mass is 641 g/mol. The first-order valence-corrected chi connectivity index (χ1v) is 16.7. The maximum atomic E-state index is 13.4. The van der Waals surface area contributed by atoms with E-state index in [1.54, 1.807) is 24.4 Å². The molecule has 5 rings (SSSR count). The van der Waals surface area contributed by atoms with Crippen LogP contribution in [0.15, 0.2) is 101 Å². The molecule has 0 spiro atoms. The number of rotatable bonds is 11. The second-order valence-corrected chi connectivity index (χ2v) is 14.0. The highest BCUT2D eigenvalue weighted by Crippen LogP contribution is 2.38. The maximum absolute atomic E-state index is 13.4. The van der Waals surface area contributed by atoms with Gasteiger partial charge in [-0.1, -0.05) is 62.9 Å². The number of aromatic nitrogens is 3. The number of anilines is 1. The number of H-pyrrole nitrogens is 1. The molecular weight excluding hydrogens is 610 g/mol. The van der Waals surface area contributed by atoms with Crippen LogP contribution in [0.5, 0.6) is 5.75 Å². The molecule has 0 radical (unpaired) electrons. The smallest absolute Gasteiger partial charge is 0.263 e. The average Bonchev–Trinajstić information content (AvgIpc) is 3.42. The molecule has 0 aliphatic heterocycles. The van der Waals surface area contributed by atoms with Crippen LogP contribution in [0.25, 0.3) is 11.3 Å². The number of hydrogen-bond acceptors (Lipinski definition) is 7. The van der Waals surface area contributed by atoms with Gasteiger partial charge in [0, 0.05) is 18.4 Å². The van der Waals surface area contributed by atoms with Crippen molar-refractivity contribution in [2.24, 2.45) is 0 Å². The summed E-state index contributed by atoms with van der Waals surface area (Å²) in [5.74, 6) is 1.15. The van der Waals surface area contributed by atoms with Crippen LogP contribution in [-0.4, -0.2) is 30.2 Å². The van der Waals surface area contributed by atoms with E-state index in [1.165, 1.54) is 42.1 Å². The summed E-state index contributed by atoms with van der Waals surface area (Å²) < 4.78 is 48.5. The summed E-state index contributed by atoms with van der Waals surface area (Å²) in [5, 5.41) is 17.2. The zero-order valence-corrected chi connectivity index (χ0v) is 26.7. The van der Waals surface area contributed by atoms with Crippen LogP contribution in [-0.2, 0) is 27.6 Å². The molecule has 0 saturated heterocycles. The molecule has 11 heteroatoms. The van der Waals surface area contributed by atoms with E-state index in [1.807, 2.05) is 42.5 Å². The predicted octanol–water partition coefficient (Wildman–Crippen LogP) is 7.49. The SMILES string of the molecule is CC(C)(C)c1ccnc(-c2c(SCc3cccc(OCCc4ccc(F)cc4)c3)n[nH]c2NS(=O)(=O)c2cccc(C#N)c2)c1. The minimum atomic E-state index is -4.05. The molecule has 0 saturated carbocycles. The van der Waals surface area contributed by atoms with Crippen molar-refractivity contribution in [3.05, 3.63) is 119 Å². The molecule has 230 valence electrons. The zero-order chi connectivity index (χ0) is 32.0. The lowest BCUT2D eigenvalue weighted by Gasteiger charge is -2.19. The molecule has 3 aromatic carbocycles. The molecule has 2 aromatic heterocycles. The average molecular weight is 642 g/mol. The number of hydrogen-bond donors (Lipinski definition) is 2. The maximum Gasteiger partial charge on any atom is 0.263 e. The van der Waals surface area contributed by atoms with Crippen molar-refractivity contribution in [1.29, 1.82) is 5.26 Å². The summed E-state index contributed by atoms with van der Waals surface area (Å²) in [6.45, 7) is 6.73. The van der Waals surface area contributed by atoms with Crippen LogP contribution in [0.1, 0.15) is 43.0 Å². The van der Waals surface area contributed by atoms with Crippen LogP contribution in [0, 0.1) is 17.1 Å². The highest BCUT2D eigenvalue weighted by atomic mass is 32.2. The number of nitrogens with one attached hydrogen (secondary N) is 2. The van der Waals surface area contributed by atoms with Crippen molar-refractivity contribution >= 4 is 27.6 Å². The third-order valence-electron chi connectivity index (χ3n) is 6.97. The van der Waals surface area contributed by atoms with Gasteiger partial charge >= 0.3 is 0 Å². The van der Waals surface area contributed by atoms with E-state index >= 15 is 0 Å². The standard InChI is InChI=1S/C34H32FN5O3S2/c1-34(2,3)26-14-16-37-30(20-26)31-32(40-45(41,42)29-9-5-6-24(19-29)21-36)38-39-33(31)44-22-25-7-4-8-28(18-25)43-17-15-23-10-12-27(35)13-11-23/h4-14,16,18-20H,15,17,22H2,1-3H3,(H2,38,39,40). The fourth-order valence-corrected chi connectivity index (χ4v) is 6.53. The van der Waals surface area contributed by atoms with Gasteiger partial charge < -0.3 is 4.74 Å². The van der Waals surface area contributed by atoms with Crippen LogP contribution < -0.4 is 9.46 Å². The summed E-state index contributed by atoms with van der Waals surface area (Å²) in [7, 11) is -4.05. The van der Waals surface area contributed by atoms with E-state index in [9.17, 15) is 18.1 Å². The zero-order valence-electron chi connectivity index (χ0n) is 25.0. The summed E-state index contributed by atoms with van der Waals surface area (Å²) in [6, 6.07) is 25.8. The Morgan fingerprint density at radius 3 is 2.53 bits per heavy atom. The Balaban J connectivity index is 1.39. The van der Waals surface area contributed by atoms with E-state index in [0.29, 0.717) is 40.8 Å². The number of ether oxygens (including phenoxy) is 1. The van der Waals surface area contributed by atoms with Gasteiger partial charge in [0.2, 0.25) is 0 Å². The number of benzene rings is 3. The van der Waals surface area contributed by atoms with E-state index in [-0.39, 0.29) is 27.5 Å².